The number of rotatable bonds is 7. The number of nitrogens with one attached hydrogen (secondary N) is 2. The van der Waals surface area contributed by atoms with E-state index in [1.807, 2.05) is 72.8 Å². The summed E-state index contributed by atoms with van der Waals surface area (Å²) in [7, 11) is 0. The van der Waals surface area contributed by atoms with Gasteiger partial charge in [0.15, 0.2) is 0 Å². The van der Waals surface area contributed by atoms with Gasteiger partial charge in [-0.1, -0.05) is 106 Å². The minimum absolute atomic E-state index is 0.0289. The summed E-state index contributed by atoms with van der Waals surface area (Å²) >= 11 is 0. The minimum Gasteiger partial charge on any atom is -0.332 e. The molecule has 0 radical (unpaired) electrons. The van der Waals surface area contributed by atoms with E-state index in [2.05, 4.69) is 43.5 Å². The molecule has 3 rings (SSSR count). The van der Waals surface area contributed by atoms with Crippen LogP contribution in [0.4, 0.5) is 0 Å². The second kappa shape index (κ2) is 10.1. The van der Waals surface area contributed by atoms with Gasteiger partial charge in [-0.15, -0.1) is 0 Å². The number of hydrogen-bond donors (Lipinski definition) is 2. The molecule has 2 amide bonds. The lowest BCUT2D eigenvalue weighted by molar-refractivity contribution is -0.123. The fourth-order valence-corrected chi connectivity index (χ4v) is 3.36. The normalized spacial score (nSPS) is 11.2. The highest BCUT2D eigenvalue weighted by molar-refractivity contribution is 5.82. The second-order valence-corrected chi connectivity index (χ2v) is 8.76. The van der Waals surface area contributed by atoms with Crippen LogP contribution < -0.4 is 10.6 Å². The molecule has 0 bridgehead atoms. The first-order valence-corrected chi connectivity index (χ1v) is 10.6. The third-order valence-corrected chi connectivity index (χ3v) is 5.14. The Hall–Kier alpha value is -3.40. The molecule has 3 aromatic rings. The molecular weight excluding hydrogens is 384 g/mol. The molecule has 0 fully saturated rings. The average molecular weight is 415 g/mol. The van der Waals surface area contributed by atoms with Crippen LogP contribution in [0.1, 0.15) is 49.2 Å². The summed E-state index contributed by atoms with van der Waals surface area (Å²) in [5.41, 5.74) is 3.92. The van der Waals surface area contributed by atoms with E-state index < -0.39 is 6.17 Å². The van der Waals surface area contributed by atoms with E-state index in [0.29, 0.717) is 0 Å². The molecule has 0 atom stereocenters. The van der Waals surface area contributed by atoms with Crippen molar-refractivity contribution < 1.29 is 9.59 Å². The number of hydrogen-bond acceptors (Lipinski definition) is 2. The SMILES string of the molecule is CC(C)(C)c1ccc(C(NC(=O)Cc2ccccc2)NC(=O)Cc2ccccc2)cc1. The predicted molar refractivity (Wildman–Crippen MR) is 124 cm³/mol. The molecule has 4 nitrogen and oxygen atoms in total. The minimum atomic E-state index is -0.596. The molecule has 0 saturated heterocycles. The van der Waals surface area contributed by atoms with Gasteiger partial charge in [0, 0.05) is 0 Å². The van der Waals surface area contributed by atoms with Crippen molar-refractivity contribution in [3.63, 3.8) is 0 Å². The van der Waals surface area contributed by atoms with Crippen molar-refractivity contribution in [2.75, 3.05) is 0 Å². The highest BCUT2D eigenvalue weighted by Gasteiger charge is 2.19. The van der Waals surface area contributed by atoms with Crippen LogP contribution in [-0.2, 0) is 27.8 Å². The molecule has 0 saturated carbocycles. The standard InChI is InChI=1S/C27H30N2O2/c1-27(2,3)23-16-14-22(15-17-23)26(28-24(30)18-20-10-6-4-7-11-20)29-25(31)19-21-12-8-5-9-13-21/h4-17,26H,18-19H2,1-3H3,(H,28,30)(H,29,31). The van der Waals surface area contributed by atoms with Gasteiger partial charge in [0.05, 0.1) is 12.8 Å². The maximum atomic E-state index is 12.7. The predicted octanol–water partition coefficient (Wildman–Crippen LogP) is 4.70. The summed E-state index contributed by atoms with van der Waals surface area (Å²) < 4.78 is 0. The quantitative estimate of drug-likeness (QED) is 0.551. The van der Waals surface area contributed by atoms with Crippen LogP contribution >= 0.6 is 0 Å². The molecule has 3 aromatic carbocycles. The van der Waals surface area contributed by atoms with Crippen LogP contribution in [0.15, 0.2) is 84.9 Å². The van der Waals surface area contributed by atoms with Crippen molar-refractivity contribution in [1.82, 2.24) is 10.6 Å². The summed E-state index contributed by atoms with van der Waals surface area (Å²) in [4.78, 5) is 25.4. The van der Waals surface area contributed by atoms with Crippen LogP contribution in [-0.4, -0.2) is 11.8 Å². The van der Waals surface area contributed by atoms with Gasteiger partial charge in [0.25, 0.3) is 0 Å². The van der Waals surface area contributed by atoms with Gasteiger partial charge in [0.2, 0.25) is 11.8 Å². The van der Waals surface area contributed by atoms with E-state index >= 15 is 0 Å². The van der Waals surface area contributed by atoms with E-state index in [4.69, 9.17) is 0 Å². The smallest absolute Gasteiger partial charge is 0.226 e. The third-order valence-electron chi connectivity index (χ3n) is 5.14. The Morgan fingerprint density at radius 1 is 0.677 bits per heavy atom. The molecule has 0 unspecified atom stereocenters. The fraction of sp³-hybridized carbons (Fsp3) is 0.259. The summed E-state index contributed by atoms with van der Waals surface area (Å²) in [5, 5.41) is 5.97. The number of carbonyl (C=O) groups is 2. The highest BCUT2D eigenvalue weighted by atomic mass is 16.2. The van der Waals surface area contributed by atoms with E-state index in [9.17, 15) is 9.59 Å². The molecule has 0 spiro atoms. The van der Waals surface area contributed by atoms with Gasteiger partial charge in [-0.2, -0.15) is 0 Å². The average Bonchev–Trinajstić information content (AvgIpc) is 2.74. The first kappa shape index (κ1) is 22.3. The Bertz CT molecular complexity index is 935. The van der Waals surface area contributed by atoms with Gasteiger partial charge < -0.3 is 10.6 Å². The third kappa shape index (κ3) is 6.82. The number of carbonyl (C=O) groups excluding carboxylic acids is 2. The van der Waals surface area contributed by atoms with Crippen molar-refractivity contribution in [1.29, 1.82) is 0 Å². The first-order chi connectivity index (χ1) is 14.8. The molecular formula is C27H30N2O2. The van der Waals surface area contributed by atoms with Crippen LogP contribution in [0.5, 0.6) is 0 Å². The molecule has 160 valence electrons. The Morgan fingerprint density at radius 2 is 1.10 bits per heavy atom. The number of benzene rings is 3. The monoisotopic (exact) mass is 414 g/mol. The molecule has 4 heteroatoms. The van der Waals surface area contributed by atoms with E-state index in [-0.39, 0.29) is 30.1 Å². The summed E-state index contributed by atoms with van der Waals surface area (Å²) in [5.74, 6) is -0.285. The topological polar surface area (TPSA) is 58.2 Å². The van der Waals surface area contributed by atoms with E-state index in [0.717, 1.165) is 16.7 Å². The Labute approximate surface area is 184 Å². The van der Waals surface area contributed by atoms with Gasteiger partial charge >= 0.3 is 0 Å². The lowest BCUT2D eigenvalue weighted by Gasteiger charge is -2.23. The fourth-order valence-electron chi connectivity index (χ4n) is 3.36. The van der Waals surface area contributed by atoms with Crippen molar-refractivity contribution in [3.8, 4) is 0 Å². The molecule has 2 N–H and O–H groups in total. The lowest BCUT2D eigenvalue weighted by atomic mass is 9.86. The largest absolute Gasteiger partial charge is 0.332 e. The molecule has 0 aliphatic rings. The van der Waals surface area contributed by atoms with E-state index in [1.165, 1.54) is 5.56 Å². The van der Waals surface area contributed by atoms with Crippen molar-refractivity contribution in [2.24, 2.45) is 0 Å². The van der Waals surface area contributed by atoms with Gasteiger partial charge in [0.1, 0.15) is 6.17 Å². The van der Waals surface area contributed by atoms with Gasteiger partial charge in [-0.25, -0.2) is 0 Å². The highest BCUT2D eigenvalue weighted by Crippen LogP contribution is 2.23. The van der Waals surface area contributed by atoms with E-state index in [1.54, 1.807) is 0 Å². The zero-order chi connectivity index (χ0) is 22.3. The summed E-state index contributed by atoms with van der Waals surface area (Å²) in [6, 6.07) is 27.2. The Balaban J connectivity index is 1.75. The van der Waals surface area contributed by atoms with Crippen molar-refractivity contribution in [2.45, 2.75) is 45.2 Å². The molecule has 0 aliphatic carbocycles. The van der Waals surface area contributed by atoms with Crippen molar-refractivity contribution in [3.05, 3.63) is 107 Å². The van der Waals surface area contributed by atoms with Crippen molar-refractivity contribution >= 4 is 11.8 Å². The zero-order valence-corrected chi connectivity index (χ0v) is 18.4. The maximum absolute atomic E-state index is 12.7. The second-order valence-electron chi connectivity index (χ2n) is 8.76. The Kier molecular flexibility index (Phi) is 7.24. The van der Waals surface area contributed by atoms with Crippen LogP contribution in [0.3, 0.4) is 0 Å². The van der Waals surface area contributed by atoms with Crippen LogP contribution in [0.2, 0.25) is 0 Å². The molecule has 0 heterocycles. The maximum Gasteiger partial charge on any atom is 0.226 e. The number of amides is 2. The Morgan fingerprint density at radius 3 is 1.48 bits per heavy atom. The molecule has 0 aromatic heterocycles. The summed E-state index contributed by atoms with van der Waals surface area (Å²) in [6.45, 7) is 6.47. The zero-order valence-electron chi connectivity index (χ0n) is 18.4. The van der Waals surface area contributed by atoms with Crippen LogP contribution in [0, 0.1) is 0 Å². The lowest BCUT2D eigenvalue weighted by Crippen LogP contribution is -2.42. The van der Waals surface area contributed by atoms with Gasteiger partial charge in [-0.3, -0.25) is 9.59 Å². The van der Waals surface area contributed by atoms with Crippen LogP contribution in [0.25, 0.3) is 0 Å². The van der Waals surface area contributed by atoms with Gasteiger partial charge in [-0.05, 0) is 27.7 Å². The molecule has 0 aliphatic heterocycles. The molecule has 31 heavy (non-hydrogen) atoms. The first-order valence-electron chi connectivity index (χ1n) is 10.6. The summed E-state index contributed by atoms with van der Waals surface area (Å²) in [6.07, 6.45) is -0.0840.